The molecule has 0 saturated heterocycles. The molecule has 6 nitrogen and oxygen atoms in total. The second-order valence-corrected chi connectivity index (χ2v) is 5.63. The van der Waals surface area contributed by atoms with Crippen LogP contribution in [-0.4, -0.2) is 38.8 Å². The first kappa shape index (κ1) is 15.7. The third-order valence-corrected chi connectivity index (χ3v) is 3.87. The number of carbonyl (C=O) groups is 2. The maximum atomic E-state index is 11.8. The summed E-state index contributed by atoms with van der Waals surface area (Å²) in [6, 6.07) is 5.18. The number of imidazole rings is 1. The van der Waals surface area contributed by atoms with Crippen molar-refractivity contribution >= 4 is 46.3 Å². The number of fused-ring (bicyclic) bond motifs is 1. The lowest BCUT2D eigenvalue weighted by Crippen LogP contribution is -2.27. The van der Waals surface area contributed by atoms with Gasteiger partial charge in [-0.1, -0.05) is 23.4 Å². The number of likely N-dealkylation sites (N-methyl/N-ethyl adjacent to an activating group) is 1. The molecule has 1 aromatic carbocycles. The van der Waals surface area contributed by atoms with Crippen LogP contribution in [0.25, 0.3) is 11.0 Å². The number of carboxylic acid groups (broad SMARTS) is 1. The molecule has 21 heavy (non-hydrogen) atoms. The lowest BCUT2D eigenvalue weighted by Gasteiger charge is -2.08. The maximum absolute atomic E-state index is 11.8. The molecule has 0 radical (unpaired) electrons. The van der Waals surface area contributed by atoms with Gasteiger partial charge >= 0.3 is 5.97 Å². The van der Waals surface area contributed by atoms with Crippen LogP contribution in [0, 0.1) is 0 Å². The van der Waals surface area contributed by atoms with E-state index in [-0.39, 0.29) is 18.2 Å². The molecule has 0 unspecified atom stereocenters. The summed E-state index contributed by atoms with van der Waals surface area (Å²) in [7, 11) is 0. The van der Waals surface area contributed by atoms with Crippen molar-refractivity contribution in [3.63, 3.8) is 0 Å². The molecule has 2 rings (SSSR count). The fourth-order valence-corrected chi connectivity index (χ4v) is 2.77. The second kappa shape index (κ2) is 6.82. The van der Waals surface area contributed by atoms with E-state index in [9.17, 15) is 9.59 Å². The van der Waals surface area contributed by atoms with Crippen molar-refractivity contribution in [3.8, 4) is 0 Å². The van der Waals surface area contributed by atoms with Crippen molar-refractivity contribution in [2.75, 3.05) is 12.3 Å². The van der Waals surface area contributed by atoms with E-state index in [0.29, 0.717) is 22.2 Å². The van der Waals surface area contributed by atoms with E-state index in [2.05, 4.69) is 10.3 Å². The fraction of sp³-hybridized carbons (Fsp3) is 0.308. The molecule has 1 heterocycles. The van der Waals surface area contributed by atoms with Crippen LogP contribution in [0.15, 0.2) is 23.4 Å². The number of thioether (sulfide) groups is 1. The third kappa shape index (κ3) is 3.89. The average molecular weight is 328 g/mol. The summed E-state index contributed by atoms with van der Waals surface area (Å²) < 4.78 is 1.70. The van der Waals surface area contributed by atoms with Gasteiger partial charge in [0.2, 0.25) is 5.91 Å². The Kier molecular flexibility index (Phi) is 5.08. The van der Waals surface area contributed by atoms with Crippen LogP contribution < -0.4 is 5.32 Å². The minimum absolute atomic E-state index is 0.0912. The molecule has 0 aliphatic heterocycles. The number of halogens is 1. The predicted octanol–water partition coefficient (Wildman–Crippen LogP) is 2.00. The molecule has 0 bridgehead atoms. The van der Waals surface area contributed by atoms with Gasteiger partial charge in [0.05, 0.1) is 16.8 Å². The van der Waals surface area contributed by atoms with Crippen LogP contribution in [0.5, 0.6) is 0 Å². The molecule has 112 valence electrons. The highest BCUT2D eigenvalue weighted by Crippen LogP contribution is 2.26. The van der Waals surface area contributed by atoms with E-state index in [1.807, 2.05) is 6.92 Å². The van der Waals surface area contributed by atoms with Crippen LogP contribution >= 0.6 is 23.4 Å². The number of aliphatic carboxylic acids is 1. The number of hydrogen-bond donors (Lipinski definition) is 2. The molecule has 0 saturated carbocycles. The van der Waals surface area contributed by atoms with Gasteiger partial charge in [-0.25, -0.2) is 4.98 Å². The number of aromatic nitrogens is 2. The van der Waals surface area contributed by atoms with Crippen LogP contribution in [0.1, 0.15) is 6.92 Å². The van der Waals surface area contributed by atoms with Gasteiger partial charge in [0.1, 0.15) is 6.54 Å². The summed E-state index contributed by atoms with van der Waals surface area (Å²) in [5.74, 6) is -1.20. The largest absolute Gasteiger partial charge is 0.481 e. The van der Waals surface area contributed by atoms with E-state index in [4.69, 9.17) is 16.7 Å². The average Bonchev–Trinajstić information content (AvgIpc) is 2.74. The Bertz CT molecular complexity index is 687. The molecule has 8 heteroatoms. The van der Waals surface area contributed by atoms with Gasteiger partial charge in [-0.05, 0) is 25.1 Å². The van der Waals surface area contributed by atoms with Crippen LogP contribution in [0.3, 0.4) is 0 Å². The molecular weight excluding hydrogens is 314 g/mol. The lowest BCUT2D eigenvalue weighted by atomic mass is 10.3. The van der Waals surface area contributed by atoms with Gasteiger partial charge in [-0.2, -0.15) is 0 Å². The molecule has 1 aromatic heterocycles. The Hall–Kier alpha value is -1.73. The van der Waals surface area contributed by atoms with Crippen LogP contribution in [0.2, 0.25) is 5.02 Å². The highest BCUT2D eigenvalue weighted by Gasteiger charge is 2.15. The zero-order chi connectivity index (χ0) is 15.4. The molecule has 0 aliphatic carbocycles. The molecule has 2 N–H and O–H groups in total. The summed E-state index contributed by atoms with van der Waals surface area (Å²) in [6.45, 7) is 2.46. The van der Waals surface area contributed by atoms with Crippen LogP contribution in [0.4, 0.5) is 0 Å². The predicted molar refractivity (Wildman–Crippen MR) is 81.8 cm³/mol. The highest BCUT2D eigenvalue weighted by atomic mass is 35.5. The number of benzene rings is 1. The van der Waals surface area contributed by atoms with Gasteiger partial charge in [0.15, 0.2) is 5.16 Å². The van der Waals surface area contributed by atoms with E-state index >= 15 is 0 Å². The van der Waals surface area contributed by atoms with Crippen molar-refractivity contribution < 1.29 is 14.7 Å². The number of rotatable bonds is 6. The first-order valence-electron chi connectivity index (χ1n) is 6.28. The number of hydrogen-bond acceptors (Lipinski definition) is 4. The summed E-state index contributed by atoms with van der Waals surface area (Å²) >= 11 is 7.01. The van der Waals surface area contributed by atoms with Crippen molar-refractivity contribution in [2.45, 2.75) is 18.6 Å². The van der Waals surface area contributed by atoms with Crippen molar-refractivity contribution in [2.24, 2.45) is 0 Å². The topological polar surface area (TPSA) is 84.2 Å². The third-order valence-electron chi connectivity index (χ3n) is 2.68. The Labute approximate surface area is 130 Å². The fourth-order valence-electron chi connectivity index (χ4n) is 1.87. The SMILES string of the molecule is CCNC(=O)Cn1c(SCC(=O)O)nc2cc(Cl)ccc21. The van der Waals surface area contributed by atoms with Gasteiger partial charge in [-0.15, -0.1) is 0 Å². The summed E-state index contributed by atoms with van der Waals surface area (Å²) in [4.78, 5) is 26.9. The first-order chi connectivity index (χ1) is 10.0. The minimum atomic E-state index is -0.936. The van der Waals surface area contributed by atoms with Gasteiger partial charge in [-0.3, -0.25) is 9.59 Å². The molecule has 0 atom stereocenters. The monoisotopic (exact) mass is 327 g/mol. The van der Waals surface area contributed by atoms with Gasteiger partial charge < -0.3 is 15.0 Å². The van der Waals surface area contributed by atoms with E-state index in [1.54, 1.807) is 22.8 Å². The van der Waals surface area contributed by atoms with Gasteiger partial charge in [0, 0.05) is 11.6 Å². The number of nitrogens with zero attached hydrogens (tertiary/aromatic N) is 2. The zero-order valence-electron chi connectivity index (χ0n) is 11.3. The number of amides is 1. The zero-order valence-corrected chi connectivity index (χ0v) is 12.9. The Balaban J connectivity index is 2.39. The number of carboxylic acids is 1. The minimum Gasteiger partial charge on any atom is -0.481 e. The summed E-state index contributed by atoms with van der Waals surface area (Å²) in [6.07, 6.45) is 0. The summed E-state index contributed by atoms with van der Waals surface area (Å²) in [5.41, 5.74) is 1.39. The Morgan fingerprint density at radius 2 is 2.24 bits per heavy atom. The maximum Gasteiger partial charge on any atom is 0.313 e. The lowest BCUT2D eigenvalue weighted by molar-refractivity contribution is -0.133. The molecule has 1 amide bonds. The second-order valence-electron chi connectivity index (χ2n) is 4.25. The van der Waals surface area contributed by atoms with Crippen molar-refractivity contribution in [1.82, 2.24) is 14.9 Å². The quantitative estimate of drug-likeness (QED) is 0.793. The number of carbonyl (C=O) groups excluding carboxylic acids is 1. The molecule has 0 aliphatic rings. The first-order valence-corrected chi connectivity index (χ1v) is 7.64. The van der Waals surface area contributed by atoms with Gasteiger partial charge in [0.25, 0.3) is 0 Å². The Morgan fingerprint density at radius 1 is 1.48 bits per heavy atom. The molecule has 2 aromatic rings. The molecule has 0 spiro atoms. The molecule has 0 fully saturated rings. The van der Waals surface area contributed by atoms with Crippen molar-refractivity contribution in [1.29, 1.82) is 0 Å². The highest BCUT2D eigenvalue weighted by molar-refractivity contribution is 7.99. The van der Waals surface area contributed by atoms with Crippen molar-refractivity contribution in [3.05, 3.63) is 23.2 Å². The smallest absolute Gasteiger partial charge is 0.313 e. The standard InChI is InChI=1S/C13H14ClN3O3S/c1-2-15-11(18)6-17-10-4-3-8(14)5-9(10)16-13(17)21-7-12(19)20/h3-5H,2,6-7H2,1H3,(H,15,18)(H,19,20). The molecular formula is C13H14ClN3O3S. The number of nitrogens with one attached hydrogen (secondary N) is 1. The van der Waals surface area contributed by atoms with E-state index < -0.39 is 5.97 Å². The summed E-state index contributed by atoms with van der Waals surface area (Å²) in [5, 5.41) is 12.5. The van der Waals surface area contributed by atoms with E-state index in [1.165, 1.54) is 0 Å². The van der Waals surface area contributed by atoms with E-state index in [0.717, 1.165) is 17.3 Å². The normalized spacial score (nSPS) is 10.8. The van der Waals surface area contributed by atoms with Crippen LogP contribution in [-0.2, 0) is 16.1 Å². The Morgan fingerprint density at radius 3 is 2.90 bits per heavy atom.